The second-order valence-electron chi connectivity index (χ2n) is 5.32. The summed E-state index contributed by atoms with van der Waals surface area (Å²) in [6.07, 6.45) is 16.0. The second kappa shape index (κ2) is 9.89. The lowest BCUT2D eigenvalue weighted by Crippen LogP contribution is -2.13. The molecular weight excluding hydrogens is 196 g/mol. The number of unbranched alkanes of at least 4 members (excludes halogenated alkanes) is 8. The molecule has 16 heavy (non-hydrogen) atoms. The minimum atomic E-state index is -0.639. The molecule has 0 aromatic carbocycles. The lowest BCUT2D eigenvalue weighted by atomic mass is 10.1. The van der Waals surface area contributed by atoms with Crippen LogP contribution in [-0.4, -0.2) is 10.7 Å². The van der Waals surface area contributed by atoms with E-state index < -0.39 is 5.60 Å². The molecule has 0 unspecified atom stereocenters. The van der Waals surface area contributed by atoms with Gasteiger partial charge in [0, 0.05) is 0 Å². The summed E-state index contributed by atoms with van der Waals surface area (Å²) in [4.78, 5) is 0. The molecule has 1 heteroatoms. The van der Waals surface area contributed by atoms with Crippen molar-refractivity contribution < 1.29 is 5.11 Å². The van der Waals surface area contributed by atoms with Crippen molar-refractivity contribution >= 4 is 0 Å². The van der Waals surface area contributed by atoms with Crippen LogP contribution >= 0.6 is 0 Å². The molecule has 0 aliphatic rings. The quantitative estimate of drug-likeness (QED) is 0.417. The molecule has 0 amide bonds. The normalized spacial score (nSPS) is 12.5. The van der Waals surface area contributed by atoms with E-state index in [0.29, 0.717) is 0 Å². The third-order valence-electron chi connectivity index (χ3n) is 2.75. The van der Waals surface area contributed by atoms with E-state index in [1.54, 1.807) is 0 Å². The number of aliphatic hydroxyl groups is 1. The van der Waals surface area contributed by atoms with E-state index in [0.717, 1.165) is 6.42 Å². The van der Waals surface area contributed by atoms with Gasteiger partial charge in [-0.15, -0.1) is 0 Å². The Bertz CT molecular complexity index is 165. The molecule has 0 aliphatic heterocycles. The summed E-state index contributed by atoms with van der Waals surface area (Å²) in [5.41, 5.74) is -0.639. The van der Waals surface area contributed by atoms with E-state index in [-0.39, 0.29) is 0 Å². The highest BCUT2D eigenvalue weighted by atomic mass is 16.3. The maximum atomic E-state index is 9.45. The molecule has 0 rings (SSSR count). The van der Waals surface area contributed by atoms with Crippen LogP contribution in [0.5, 0.6) is 0 Å². The van der Waals surface area contributed by atoms with Crippen molar-refractivity contribution in [3.63, 3.8) is 0 Å². The molecule has 0 saturated carbocycles. The summed E-state index contributed by atoms with van der Waals surface area (Å²) in [7, 11) is 0. The summed E-state index contributed by atoms with van der Waals surface area (Å²) in [6.45, 7) is 5.89. The van der Waals surface area contributed by atoms with Crippen LogP contribution in [0.1, 0.15) is 78.6 Å². The van der Waals surface area contributed by atoms with E-state index in [2.05, 4.69) is 13.0 Å². The van der Waals surface area contributed by atoms with Gasteiger partial charge in [0.1, 0.15) is 0 Å². The van der Waals surface area contributed by atoms with Crippen LogP contribution in [0.2, 0.25) is 0 Å². The molecular formula is C15H30O. The van der Waals surface area contributed by atoms with Gasteiger partial charge < -0.3 is 5.11 Å². The molecule has 0 aromatic rings. The average Bonchev–Trinajstić information content (AvgIpc) is 2.19. The van der Waals surface area contributed by atoms with Gasteiger partial charge in [0.25, 0.3) is 0 Å². The highest BCUT2D eigenvalue weighted by Crippen LogP contribution is 2.10. The van der Waals surface area contributed by atoms with Crippen LogP contribution in [0.25, 0.3) is 0 Å². The van der Waals surface area contributed by atoms with Crippen LogP contribution < -0.4 is 0 Å². The first-order valence-corrected chi connectivity index (χ1v) is 6.96. The van der Waals surface area contributed by atoms with Gasteiger partial charge in [-0.05, 0) is 26.7 Å². The molecule has 0 heterocycles. The summed E-state index contributed by atoms with van der Waals surface area (Å²) in [5, 5.41) is 9.45. The molecule has 0 aromatic heterocycles. The maximum Gasteiger partial charge on any atom is 0.0771 e. The zero-order valence-electron chi connectivity index (χ0n) is 11.5. The Balaban J connectivity index is 3.13. The van der Waals surface area contributed by atoms with Gasteiger partial charge in [0.15, 0.2) is 0 Å². The Morgan fingerprint density at radius 2 is 1.38 bits per heavy atom. The highest BCUT2D eigenvalue weighted by Gasteiger charge is 2.04. The Hall–Kier alpha value is -0.300. The number of allylic oxidation sites excluding steroid dienone is 1. The Labute approximate surface area is 102 Å². The topological polar surface area (TPSA) is 20.2 Å². The molecule has 0 radical (unpaired) electrons. The lowest BCUT2D eigenvalue weighted by Gasteiger charge is -2.09. The Kier molecular flexibility index (Phi) is 9.71. The zero-order valence-corrected chi connectivity index (χ0v) is 11.5. The van der Waals surface area contributed by atoms with Crippen molar-refractivity contribution in [2.75, 3.05) is 0 Å². The van der Waals surface area contributed by atoms with Gasteiger partial charge in [-0.25, -0.2) is 0 Å². The summed E-state index contributed by atoms with van der Waals surface area (Å²) >= 11 is 0. The van der Waals surface area contributed by atoms with Gasteiger partial charge in [0.2, 0.25) is 0 Å². The molecule has 1 nitrogen and oxygen atoms in total. The summed E-state index contributed by atoms with van der Waals surface area (Å²) < 4.78 is 0. The molecule has 1 N–H and O–H groups in total. The van der Waals surface area contributed by atoms with Crippen LogP contribution in [-0.2, 0) is 0 Å². The third-order valence-corrected chi connectivity index (χ3v) is 2.75. The minimum Gasteiger partial charge on any atom is -0.386 e. The summed E-state index contributed by atoms with van der Waals surface area (Å²) in [6, 6.07) is 0. The van der Waals surface area contributed by atoms with E-state index in [1.165, 1.54) is 51.4 Å². The molecule has 0 fully saturated rings. The smallest absolute Gasteiger partial charge is 0.0771 e. The molecule has 0 saturated heterocycles. The van der Waals surface area contributed by atoms with Crippen molar-refractivity contribution in [1.29, 1.82) is 0 Å². The van der Waals surface area contributed by atoms with Crippen molar-refractivity contribution in [3.05, 3.63) is 12.2 Å². The first-order chi connectivity index (χ1) is 7.56. The van der Waals surface area contributed by atoms with Crippen molar-refractivity contribution in [1.82, 2.24) is 0 Å². The fourth-order valence-electron chi connectivity index (χ4n) is 1.77. The van der Waals surface area contributed by atoms with E-state index in [1.807, 2.05) is 19.9 Å². The van der Waals surface area contributed by atoms with Gasteiger partial charge in [-0.3, -0.25) is 0 Å². The first-order valence-electron chi connectivity index (χ1n) is 6.96. The SMILES string of the molecule is CCCCCCCCCC/C=C\C(C)(C)O. The van der Waals surface area contributed by atoms with Gasteiger partial charge in [0.05, 0.1) is 5.60 Å². The molecule has 0 bridgehead atoms. The van der Waals surface area contributed by atoms with Gasteiger partial charge in [-0.1, -0.05) is 64.0 Å². The molecule has 0 spiro atoms. The highest BCUT2D eigenvalue weighted by molar-refractivity contribution is 4.94. The number of hydrogen-bond acceptors (Lipinski definition) is 1. The van der Waals surface area contributed by atoms with Crippen molar-refractivity contribution in [3.8, 4) is 0 Å². The lowest BCUT2D eigenvalue weighted by molar-refractivity contribution is 0.133. The van der Waals surface area contributed by atoms with Crippen LogP contribution in [0.4, 0.5) is 0 Å². The monoisotopic (exact) mass is 226 g/mol. The average molecular weight is 226 g/mol. The summed E-state index contributed by atoms with van der Waals surface area (Å²) in [5.74, 6) is 0. The van der Waals surface area contributed by atoms with E-state index in [4.69, 9.17) is 0 Å². The van der Waals surface area contributed by atoms with Crippen LogP contribution in [0.15, 0.2) is 12.2 Å². The van der Waals surface area contributed by atoms with Crippen molar-refractivity contribution in [2.45, 2.75) is 84.2 Å². The maximum absolute atomic E-state index is 9.45. The van der Waals surface area contributed by atoms with Gasteiger partial charge >= 0.3 is 0 Å². The molecule has 0 aliphatic carbocycles. The Morgan fingerprint density at radius 3 is 1.88 bits per heavy atom. The number of hydrogen-bond donors (Lipinski definition) is 1. The van der Waals surface area contributed by atoms with Crippen LogP contribution in [0, 0.1) is 0 Å². The molecule has 0 atom stereocenters. The van der Waals surface area contributed by atoms with E-state index in [9.17, 15) is 5.11 Å². The minimum absolute atomic E-state index is 0.639. The first kappa shape index (κ1) is 15.7. The standard InChI is InChI=1S/C15H30O/c1-4-5-6-7-8-9-10-11-12-13-14-15(2,3)16/h13-14,16H,4-12H2,1-3H3/b14-13-. The van der Waals surface area contributed by atoms with E-state index >= 15 is 0 Å². The number of rotatable bonds is 10. The fraction of sp³-hybridized carbons (Fsp3) is 0.867. The Morgan fingerprint density at radius 1 is 0.875 bits per heavy atom. The van der Waals surface area contributed by atoms with Gasteiger partial charge in [-0.2, -0.15) is 0 Å². The predicted octanol–water partition coefficient (Wildman–Crippen LogP) is 4.84. The zero-order chi connectivity index (χ0) is 12.3. The predicted molar refractivity (Wildman–Crippen MR) is 72.7 cm³/mol. The van der Waals surface area contributed by atoms with Crippen molar-refractivity contribution in [2.24, 2.45) is 0 Å². The van der Waals surface area contributed by atoms with Crippen LogP contribution in [0.3, 0.4) is 0 Å². The third kappa shape index (κ3) is 13.7. The second-order valence-corrected chi connectivity index (χ2v) is 5.32. The molecule has 96 valence electrons. The fourth-order valence-corrected chi connectivity index (χ4v) is 1.77. The largest absolute Gasteiger partial charge is 0.386 e.